The van der Waals surface area contributed by atoms with Gasteiger partial charge in [0.15, 0.2) is 5.82 Å². The van der Waals surface area contributed by atoms with Crippen molar-refractivity contribution < 1.29 is 4.74 Å². The largest absolute Gasteiger partial charge is 0.497 e. The Kier molecular flexibility index (Phi) is 5.44. The van der Waals surface area contributed by atoms with Gasteiger partial charge in [0, 0.05) is 5.69 Å². The number of methoxy groups -OCH3 is 1. The number of hydrogen-bond acceptors (Lipinski definition) is 5. The number of anilines is 1. The Labute approximate surface area is 160 Å². The lowest BCUT2D eigenvalue weighted by Gasteiger charge is -2.30. The van der Waals surface area contributed by atoms with Gasteiger partial charge in [0.05, 0.1) is 18.3 Å². The van der Waals surface area contributed by atoms with Crippen LogP contribution in [0.4, 0.5) is 5.69 Å². The molecule has 0 bridgehead atoms. The molecule has 3 aromatic rings. The maximum Gasteiger partial charge on any atom is 0.181 e. The fourth-order valence-electron chi connectivity index (χ4n) is 3.29. The van der Waals surface area contributed by atoms with Crippen LogP contribution in [0.5, 0.6) is 5.75 Å². The Morgan fingerprint density at radius 2 is 1.85 bits per heavy atom. The van der Waals surface area contributed by atoms with Crippen LogP contribution in [0.2, 0.25) is 0 Å². The van der Waals surface area contributed by atoms with E-state index in [1.54, 1.807) is 7.11 Å². The third-order valence-electron chi connectivity index (χ3n) is 5.09. The van der Waals surface area contributed by atoms with Gasteiger partial charge in [-0.2, -0.15) is 4.68 Å². The molecule has 1 atom stereocenters. The van der Waals surface area contributed by atoms with Crippen LogP contribution in [-0.2, 0) is 12.0 Å². The molecule has 1 aromatic heterocycles. The standard InChI is InChI=1S/C21H27N5O/c1-6-16-10-8-9-15(3)19(16)26-20(23-24-25-26)21(4,7-2)22-17-11-13-18(27-5)14-12-17/h8-14,22H,6-7H2,1-5H3/t21-/m1/s1. The smallest absolute Gasteiger partial charge is 0.181 e. The minimum absolute atomic E-state index is 0.425. The number of benzene rings is 2. The maximum atomic E-state index is 5.25. The number of aromatic nitrogens is 4. The van der Waals surface area contributed by atoms with E-state index in [9.17, 15) is 0 Å². The molecule has 2 aromatic carbocycles. The van der Waals surface area contributed by atoms with Gasteiger partial charge in [-0.3, -0.25) is 0 Å². The summed E-state index contributed by atoms with van der Waals surface area (Å²) >= 11 is 0. The highest BCUT2D eigenvalue weighted by Crippen LogP contribution is 2.31. The third-order valence-corrected chi connectivity index (χ3v) is 5.09. The van der Waals surface area contributed by atoms with Crippen LogP contribution in [0.25, 0.3) is 5.69 Å². The number of rotatable bonds is 7. The van der Waals surface area contributed by atoms with Crippen LogP contribution in [-0.4, -0.2) is 27.3 Å². The number of aryl methyl sites for hydroxylation is 2. The molecule has 0 saturated carbocycles. The van der Waals surface area contributed by atoms with Crippen LogP contribution in [0.1, 0.15) is 44.1 Å². The average molecular weight is 365 g/mol. The van der Waals surface area contributed by atoms with Crippen LogP contribution in [0.3, 0.4) is 0 Å². The number of nitrogens with one attached hydrogen (secondary N) is 1. The Morgan fingerprint density at radius 3 is 2.48 bits per heavy atom. The van der Waals surface area contributed by atoms with E-state index in [4.69, 9.17) is 4.74 Å². The Morgan fingerprint density at radius 1 is 1.11 bits per heavy atom. The van der Waals surface area contributed by atoms with Crippen molar-refractivity contribution in [3.8, 4) is 11.4 Å². The summed E-state index contributed by atoms with van der Waals surface area (Å²) in [6.45, 7) is 8.51. The van der Waals surface area contributed by atoms with E-state index in [1.807, 2.05) is 28.9 Å². The highest BCUT2D eigenvalue weighted by atomic mass is 16.5. The quantitative estimate of drug-likeness (QED) is 0.677. The monoisotopic (exact) mass is 365 g/mol. The minimum Gasteiger partial charge on any atom is -0.497 e. The van der Waals surface area contributed by atoms with E-state index in [0.29, 0.717) is 0 Å². The van der Waals surface area contributed by atoms with E-state index in [2.05, 4.69) is 66.7 Å². The molecule has 1 heterocycles. The van der Waals surface area contributed by atoms with Crippen molar-refractivity contribution in [2.75, 3.05) is 12.4 Å². The van der Waals surface area contributed by atoms with Gasteiger partial charge in [0.2, 0.25) is 0 Å². The highest BCUT2D eigenvalue weighted by molar-refractivity contribution is 5.51. The van der Waals surface area contributed by atoms with Crippen molar-refractivity contribution in [3.63, 3.8) is 0 Å². The van der Waals surface area contributed by atoms with E-state index in [-0.39, 0.29) is 0 Å². The van der Waals surface area contributed by atoms with E-state index in [1.165, 1.54) is 5.56 Å². The molecule has 0 radical (unpaired) electrons. The van der Waals surface area contributed by atoms with Gasteiger partial charge in [0.1, 0.15) is 5.75 Å². The van der Waals surface area contributed by atoms with Crippen LogP contribution < -0.4 is 10.1 Å². The van der Waals surface area contributed by atoms with E-state index in [0.717, 1.165) is 41.4 Å². The molecular formula is C21H27N5O. The van der Waals surface area contributed by atoms with Crippen LogP contribution >= 0.6 is 0 Å². The van der Waals surface area contributed by atoms with Crippen molar-refractivity contribution >= 4 is 5.69 Å². The molecule has 27 heavy (non-hydrogen) atoms. The second kappa shape index (κ2) is 7.78. The lowest BCUT2D eigenvalue weighted by Crippen LogP contribution is -2.34. The molecule has 0 unspecified atom stereocenters. The molecule has 0 aliphatic carbocycles. The Hall–Kier alpha value is -2.89. The first-order valence-corrected chi connectivity index (χ1v) is 9.32. The minimum atomic E-state index is -0.425. The highest BCUT2D eigenvalue weighted by Gasteiger charge is 2.32. The van der Waals surface area contributed by atoms with Crippen molar-refractivity contribution in [3.05, 3.63) is 59.4 Å². The van der Waals surface area contributed by atoms with Gasteiger partial charge in [-0.15, -0.1) is 5.10 Å². The predicted octanol–water partition coefficient (Wildman–Crippen LogP) is 4.28. The second-order valence-electron chi connectivity index (χ2n) is 6.89. The van der Waals surface area contributed by atoms with E-state index < -0.39 is 5.54 Å². The molecule has 3 rings (SSSR count). The molecule has 0 fully saturated rings. The molecule has 0 saturated heterocycles. The van der Waals surface area contributed by atoms with Gasteiger partial charge in [-0.1, -0.05) is 32.0 Å². The topological polar surface area (TPSA) is 64.9 Å². The first-order valence-electron chi connectivity index (χ1n) is 9.32. The molecule has 6 heteroatoms. The number of tetrazole rings is 1. The molecular weight excluding hydrogens is 338 g/mol. The molecule has 0 amide bonds. The van der Waals surface area contributed by atoms with Gasteiger partial charge >= 0.3 is 0 Å². The summed E-state index contributed by atoms with van der Waals surface area (Å²) < 4.78 is 7.13. The summed E-state index contributed by atoms with van der Waals surface area (Å²) in [4.78, 5) is 0. The summed E-state index contributed by atoms with van der Waals surface area (Å²) in [6.07, 6.45) is 1.75. The number of para-hydroxylation sites is 1. The van der Waals surface area contributed by atoms with Crippen molar-refractivity contribution in [2.24, 2.45) is 0 Å². The fourth-order valence-corrected chi connectivity index (χ4v) is 3.29. The zero-order chi connectivity index (χ0) is 19.4. The summed E-state index contributed by atoms with van der Waals surface area (Å²) in [5.74, 6) is 1.63. The summed E-state index contributed by atoms with van der Waals surface area (Å²) in [6, 6.07) is 14.2. The normalized spacial score (nSPS) is 13.2. The molecule has 142 valence electrons. The number of nitrogens with zero attached hydrogens (tertiary/aromatic N) is 4. The van der Waals surface area contributed by atoms with Crippen molar-refractivity contribution in [1.29, 1.82) is 0 Å². The third kappa shape index (κ3) is 3.65. The van der Waals surface area contributed by atoms with Crippen molar-refractivity contribution in [1.82, 2.24) is 20.2 Å². The summed E-state index contributed by atoms with van der Waals surface area (Å²) in [5.41, 5.74) is 4.02. The SMILES string of the molecule is CCc1cccc(C)c1-n1nnnc1[C@@](C)(CC)Nc1ccc(OC)cc1. The van der Waals surface area contributed by atoms with Crippen LogP contribution in [0, 0.1) is 6.92 Å². The van der Waals surface area contributed by atoms with Gasteiger partial charge in [-0.05, 0) is 72.5 Å². The predicted molar refractivity (Wildman–Crippen MR) is 108 cm³/mol. The second-order valence-corrected chi connectivity index (χ2v) is 6.89. The van der Waals surface area contributed by atoms with Crippen molar-refractivity contribution in [2.45, 2.75) is 46.1 Å². The zero-order valence-corrected chi connectivity index (χ0v) is 16.7. The molecule has 0 aliphatic heterocycles. The number of hydrogen-bond donors (Lipinski definition) is 1. The molecule has 1 N–H and O–H groups in total. The van der Waals surface area contributed by atoms with Gasteiger partial charge < -0.3 is 10.1 Å². The lowest BCUT2D eigenvalue weighted by molar-refractivity contribution is 0.414. The molecule has 0 spiro atoms. The molecule has 0 aliphatic rings. The van der Waals surface area contributed by atoms with Gasteiger partial charge in [0.25, 0.3) is 0 Å². The first kappa shape index (κ1) is 18.9. The van der Waals surface area contributed by atoms with E-state index >= 15 is 0 Å². The number of ether oxygens (including phenoxy) is 1. The Bertz CT molecular complexity index is 903. The summed E-state index contributed by atoms with van der Waals surface area (Å²) in [7, 11) is 1.67. The van der Waals surface area contributed by atoms with Gasteiger partial charge in [-0.25, -0.2) is 0 Å². The van der Waals surface area contributed by atoms with Crippen LogP contribution in [0.15, 0.2) is 42.5 Å². The summed E-state index contributed by atoms with van der Waals surface area (Å²) in [5, 5.41) is 16.3. The average Bonchev–Trinajstić information content (AvgIpc) is 3.18. The Balaban J connectivity index is 2.03. The zero-order valence-electron chi connectivity index (χ0n) is 16.7. The first-order chi connectivity index (χ1) is 13.0. The molecule has 6 nitrogen and oxygen atoms in total. The lowest BCUT2D eigenvalue weighted by atomic mass is 9.96. The maximum absolute atomic E-state index is 5.25. The fraction of sp³-hybridized carbons (Fsp3) is 0.381.